The van der Waals surface area contributed by atoms with E-state index < -0.39 is 0 Å². The van der Waals surface area contributed by atoms with Crippen LogP contribution in [0.5, 0.6) is 0 Å². The Hall–Kier alpha value is -4.30. The summed E-state index contributed by atoms with van der Waals surface area (Å²) < 4.78 is 4.81. The second kappa shape index (κ2) is 8.11. The summed E-state index contributed by atoms with van der Waals surface area (Å²) in [7, 11) is 0. The zero-order chi connectivity index (χ0) is 25.1. The van der Waals surface area contributed by atoms with Gasteiger partial charge in [-0.05, 0) is 65.9 Å². The maximum absolute atomic E-state index is 2.42. The van der Waals surface area contributed by atoms with E-state index in [0.29, 0.717) is 0 Å². The largest absolute Gasteiger partial charge is 0.309 e. The molecule has 0 bridgehead atoms. The zero-order valence-corrected chi connectivity index (χ0v) is 21.6. The Morgan fingerprint density at radius 2 is 0.946 bits per heavy atom. The first-order valence-corrected chi connectivity index (χ1v) is 13.2. The van der Waals surface area contributed by atoms with E-state index in [9.17, 15) is 0 Å². The molecule has 0 aliphatic rings. The van der Waals surface area contributed by atoms with E-state index in [1.165, 1.54) is 60.5 Å². The minimum atomic E-state index is 0.147. The maximum atomic E-state index is 2.42. The average molecular weight is 479 g/mol. The van der Waals surface area contributed by atoms with Gasteiger partial charge in [0, 0.05) is 32.9 Å². The Kier molecular flexibility index (Phi) is 4.81. The molecule has 0 aliphatic heterocycles. The fraction of sp³-hybridized carbons (Fsp3) is 0.143. The number of hydrogen-bond acceptors (Lipinski definition) is 0. The predicted molar refractivity (Wildman–Crippen MR) is 158 cm³/mol. The molecule has 2 aromatic heterocycles. The lowest BCUT2D eigenvalue weighted by atomic mass is 9.82. The third-order valence-corrected chi connectivity index (χ3v) is 8.26. The molecule has 180 valence electrons. The molecular formula is C35H30N2. The van der Waals surface area contributed by atoms with Crippen molar-refractivity contribution in [1.82, 2.24) is 9.13 Å². The minimum Gasteiger partial charge on any atom is -0.309 e. The van der Waals surface area contributed by atoms with Crippen LogP contribution in [-0.4, -0.2) is 9.13 Å². The molecule has 0 radical (unpaired) electrons. The Morgan fingerprint density at radius 1 is 0.486 bits per heavy atom. The van der Waals surface area contributed by atoms with Gasteiger partial charge in [0.15, 0.2) is 0 Å². The molecule has 0 unspecified atom stereocenters. The lowest BCUT2D eigenvalue weighted by Gasteiger charge is -2.23. The van der Waals surface area contributed by atoms with E-state index >= 15 is 0 Å². The highest BCUT2D eigenvalue weighted by Crippen LogP contribution is 2.37. The van der Waals surface area contributed by atoms with Crippen LogP contribution in [0.4, 0.5) is 0 Å². The highest BCUT2D eigenvalue weighted by Gasteiger charge is 2.21. The summed E-state index contributed by atoms with van der Waals surface area (Å²) >= 11 is 0. The summed E-state index contributed by atoms with van der Waals surface area (Å²) in [5, 5.41) is 5.18. The molecule has 0 fully saturated rings. The first-order chi connectivity index (χ1) is 18.1. The quantitative estimate of drug-likeness (QED) is 0.238. The second-order valence-corrected chi connectivity index (χ2v) is 10.7. The van der Waals surface area contributed by atoms with Crippen LogP contribution in [0, 0.1) is 0 Å². The van der Waals surface area contributed by atoms with E-state index in [1.54, 1.807) is 0 Å². The molecule has 0 amide bonds. The van der Waals surface area contributed by atoms with Gasteiger partial charge in [0.25, 0.3) is 0 Å². The van der Waals surface area contributed by atoms with E-state index in [-0.39, 0.29) is 5.41 Å². The molecule has 2 heterocycles. The van der Waals surface area contributed by atoms with Gasteiger partial charge in [-0.3, -0.25) is 0 Å². The molecule has 2 nitrogen and oxygen atoms in total. The molecule has 0 aliphatic carbocycles. The smallest absolute Gasteiger partial charge is 0.0541 e. The summed E-state index contributed by atoms with van der Waals surface area (Å²) in [5.74, 6) is 0. The summed E-state index contributed by atoms with van der Waals surface area (Å²) in [6.45, 7) is 6.94. The summed E-state index contributed by atoms with van der Waals surface area (Å²) in [5.41, 5.74) is 8.83. The van der Waals surface area contributed by atoms with Crippen LogP contribution in [0.2, 0.25) is 0 Å². The molecule has 37 heavy (non-hydrogen) atoms. The fourth-order valence-electron chi connectivity index (χ4n) is 5.85. The third kappa shape index (κ3) is 3.25. The molecule has 7 aromatic rings. The number of fused-ring (bicyclic) bond motifs is 6. The van der Waals surface area contributed by atoms with Crippen molar-refractivity contribution in [1.29, 1.82) is 0 Å². The van der Waals surface area contributed by atoms with Crippen LogP contribution in [-0.2, 0) is 5.41 Å². The normalized spacial score (nSPS) is 12.3. The van der Waals surface area contributed by atoms with Crippen LogP contribution in [0.15, 0.2) is 115 Å². The number of benzene rings is 5. The first kappa shape index (κ1) is 21.9. The lowest BCUT2D eigenvalue weighted by Crippen LogP contribution is -2.15. The third-order valence-electron chi connectivity index (χ3n) is 8.26. The number of aromatic nitrogens is 2. The SMILES string of the molecule is CCC(C)(C)c1ccc2c(c1)c1ccccc1n2-c1cccc(-n2c3ccccc3c3ccccc32)c1. The van der Waals surface area contributed by atoms with Crippen molar-refractivity contribution >= 4 is 43.6 Å². The number of para-hydroxylation sites is 3. The van der Waals surface area contributed by atoms with Gasteiger partial charge in [-0.25, -0.2) is 0 Å². The van der Waals surface area contributed by atoms with E-state index in [1.807, 2.05) is 0 Å². The van der Waals surface area contributed by atoms with Gasteiger partial charge >= 0.3 is 0 Å². The molecule has 0 spiro atoms. The van der Waals surface area contributed by atoms with Crippen LogP contribution < -0.4 is 0 Å². The van der Waals surface area contributed by atoms with Crippen LogP contribution >= 0.6 is 0 Å². The minimum absolute atomic E-state index is 0.147. The van der Waals surface area contributed by atoms with Gasteiger partial charge in [-0.15, -0.1) is 0 Å². The van der Waals surface area contributed by atoms with Crippen LogP contribution in [0.1, 0.15) is 32.8 Å². The summed E-state index contributed by atoms with van der Waals surface area (Å²) in [4.78, 5) is 0. The monoisotopic (exact) mass is 478 g/mol. The van der Waals surface area contributed by atoms with Crippen LogP contribution in [0.25, 0.3) is 55.0 Å². The fourth-order valence-corrected chi connectivity index (χ4v) is 5.85. The molecular weight excluding hydrogens is 448 g/mol. The Balaban J connectivity index is 1.50. The zero-order valence-electron chi connectivity index (χ0n) is 21.6. The second-order valence-electron chi connectivity index (χ2n) is 10.7. The molecule has 5 aromatic carbocycles. The van der Waals surface area contributed by atoms with E-state index in [2.05, 4.69) is 145 Å². The van der Waals surface area contributed by atoms with Gasteiger partial charge in [0.05, 0.1) is 22.1 Å². The molecule has 7 rings (SSSR count). The first-order valence-electron chi connectivity index (χ1n) is 13.2. The number of rotatable bonds is 4. The molecule has 0 saturated heterocycles. The highest BCUT2D eigenvalue weighted by atomic mass is 15.0. The predicted octanol–water partition coefficient (Wildman–Crippen LogP) is 9.57. The van der Waals surface area contributed by atoms with Gasteiger partial charge in [-0.1, -0.05) is 87.5 Å². The van der Waals surface area contributed by atoms with Gasteiger partial charge < -0.3 is 9.13 Å². The van der Waals surface area contributed by atoms with Crippen LogP contribution in [0.3, 0.4) is 0 Å². The Morgan fingerprint density at radius 3 is 1.46 bits per heavy atom. The highest BCUT2D eigenvalue weighted by molar-refractivity contribution is 6.10. The maximum Gasteiger partial charge on any atom is 0.0541 e. The number of nitrogens with zero attached hydrogens (tertiary/aromatic N) is 2. The average Bonchev–Trinajstić information content (AvgIpc) is 3.46. The van der Waals surface area contributed by atoms with Crippen molar-refractivity contribution in [2.75, 3.05) is 0 Å². The van der Waals surface area contributed by atoms with Gasteiger partial charge in [0.1, 0.15) is 0 Å². The van der Waals surface area contributed by atoms with Crippen molar-refractivity contribution in [3.63, 3.8) is 0 Å². The Bertz CT molecular complexity index is 1890. The van der Waals surface area contributed by atoms with Crippen molar-refractivity contribution in [2.45, 2.75) is 32.6 Å². The molecule has 0 saturated carbocycles. The summed E-state index contributed by atoms with van der Waals surface area (Å²) in [6.07, 6.45) is 1.11. The molecule has 2 heteroatoms. The molecule has 0 atom stereocenters. The van der Waals surface area contributed by atoms with Crippen molar-refractivity contribution in [3.05, 3.63) is 121 Å². The topological polar surface area (TPSA) is 9.86 Å². The Labute approximate surface area is 217 Å². The van der Waals surface area contributed by atoms with Crippen molar-refractivity contribution < 1.29 is 0 Å². The lowest BCUT2D eigenvalue weighted by molar-refractivity contribution is 0.507. The van der Waals surface area contributed by atoms with E-state index in [4.69, 9.17) is 0 Å². The van der Waals surface area contributed by atoms with Crippen molar-refractivity contribution in [3.8, 4) is 11.4 Å². The van der Waals surface area contributed by atoms with E-state index in [0.717, 1.165) is 6.42 Å². The standard InChI is InChI=1S/C35H30N2/c1-4-35(2,3)24-20-21-34-30(22-24)29-16-7-10-19-33(29)37(34)26-13-11-12-25(23-26)36-31-17-8-5-14-27(31)28-15-6-9-18-32(28)36/h5-23H,4H2,1-3H3. The van der Waals surface area contributed by atoms with Crippen molar-refractivity contribution in [2.24, 2.45) is 0 Å². The van der Waals surface area contributed by atoms with Gasteiger partial charge in [-0.2, -0.15) is 0 Å². The number of hydrogen-bond donors (Lipinski definition) is 0. The summed E-state index contributed by atoms with van der Waals surface area (Å²) in [6, 6.07) is 42.2. The molecule has 0 N–H and O–H groups in total. The van der Waals surface area contributed by atoms with Gasteiger partial charge in [0.2, 0.25) is 0 Å².